The summed E-state index contributed by atoms with van der Waals surface area (Å²) in [7, 11) is 0. The van der Waals surface area contributed by atoms with Gasteiger partial charge in [0, 0.05) is 20.2 Å². The summed E-state index contributed by atoms with van der Waals surface area (Å²) in [6.07, 6.45) is 0. The predicted molar refractivity (Wildman–Crippen MR) is 93.8 cm³/mol. The van der Waals surface area contributed by atoms with Crippen LogP contribution in [0.3, 0.4) is 0 Å². The van der Waals surface area contributed by atoms with Gasteiger partial charge in [-0.25, -0.2) is 0 Å². The molecule has 0 spiro atoms. The van der Waals surface area contributed by atoms with E-state index in [0.717, 1.165) is 20.2 Å². The first-order valence-electron chi connectivity index (χ1n) is 7.49. The van der Waals surface area contributed by atoms with E-state index in [4.69, 9.17) is 0 Å². The van der Waals surface area contributed by atoms with Crippen LogP contribution in [0.2, 0.25) is 0 Å². The zero-order valence-corrected chi connectivity index (χ0v) is 13.8. The molecule has 0 radical (unpaired) electrons. The van der Waals surface area contributed by atoms with E-state index < -0.39 is 0 Å². The first-order valence-corrected chi connectivity index (χ1v) is 8.30. The third-order valence-corrected chi connectivity index (χ3v) is 5.16. The van der Waals surface area contributed by atoms with Gasteiger partial charge >= 0.3 is 0 Å². The highest BCUT2D eigenvalue weighted by atomic mass is 32.1. The van der Waals surface area contributed by atoms with Crippen LogP contribution in [0.1, 0.15) is 50.7 Å². The molecule has 0 aliphatic heterocycles. The molecule has 2 aromatic carbocycles. The molecule has 0 unspecified atom stereocenters. The topological polar surface area (TPSA) is 17.1 Å². The monoisotopic (exact) mass is 296 g/mol. The van der Waals surface area contributed by atoms with Crippen molar-refractivity contribution in [2.45, 2.75) is 39.5 Å². The lowest BCUT2D eigenvalue weighted by Gasteiger charge is -2.18. The summed E-state index contributed by atoms with van der Waals surface area (Å²) in [5.74, 6) is 0.787. The Labute approximate surface area is 129 Å². The van der Waals surface area contributed by atoms with E-state index in [-0.39, 0.29) is 5.43 Å². The Balaban J connectivity index is 2.55. The molecule has 108 valence electrons. The second-order valence-electron chi connectivity index (χ2n) is 6.18. The Hall–Kier alpha value is -1.67. The van der Waals surface area contributed by atoms with Crippen molar-refractivity contribution in [3.63, 3.8) is 0 Å². The molecule has 0 aliphatic rings. The van der Waals surface area contributed by atoms with Gasteiger partial charge in [0.05, 0.1) is 0 Å². The Morgan fingerprint density at radius 3 is 2.24 bits per heavy atom. The number of fused-ring (bicyclic) bond motifs is 2. The normalized spacial score (nSPS) is 11.9. The zero-order chi connectivity index (χ0) is 15.1. The maximum absolute atomic E-state index is 13.0. The summed E-state index contributed by atoms with van der Waals surface area (Å²) in [5, 5.41) is 1.78. The molecule has 1 nitrogen and oxygen atoms in total. The van der Waals surface area contributed by atoms with Crippen LogP contribution < -0.4 is 5.43 Å². The lowest BCUT2D eigenvalue weighted by molar-refractivity contribution is 0.798. The van der Waals surface area contributed by atoms with Crippen LogP contribution in [0.15, 0.2) is 41.2 Å². The Bertz CT molecular complexity index is 872. The number of hydrogen-bond donors (Lipinski definition) is 0. The predicted octanol–water partition coefficient (Wildman–Crippen LogP) is 5.66. The van der Waals surface area contributed by atoms with Crippen LogP contribution in [0.5, 0.6) is 0 Å². The van der Waals surface area contributed by atoms with Crippen LogP contribution in [0, 0.1) is 0 Å². The summed E-state index contributed by atoms with van der Waals surface area (Å²) in [6.45, 7) is 8.75. The average Bonchev–Trinajstić information content (AvgIpc) is 2.46. The van der Waals surface area contributed by atoms with Crippen molar-refractivity contribution in [3.8, 4) is 0 Å². The van der Waals surface area contributed by atoms with E-state index in [1.165, 1.54) is 11.1 Å². The van der Waals surface area contributed by atoms with Crippen molar-refractivity contribution < 1.29 is 0 Å². The van der Waals surface area contributed by atoms with Gasteiger partial charge in [-0.05, 0) is 41.2 Å². The van der Waals surface area contributed by atoms with Gasteiger partial charge in [0.15, 0.2) is 5.43 Å². The van der Waals surface area contributed by atoms with E-state index >= 15 is 0 Å². The first-order chi connectivity index (χ1) is 10.0. The second-order valence-corrected chi connectivity index (χ2v) is 7.26. The van der Waals surface area contributed by atoms with Crippen LogP contribution in [-0.4, -0.2) is 0 Å². The van der Waals surface area contributed by atoms with Crippen LogP contribution in [0.4, 0.5) is 0 Å². The molecular weight excluding hydrogens is 276 g/mol. The highest BCUT2D eigenvalue weighted by Crippen LogP contribution is 2.34. The smallest absolute Gasteiger partial charge is 0.196 e. The van der Waals surface area contributed by atoms with Gasteiger partial charge in [0.25, 0.3) is 0 Å². The Kier molecular flexibility index (Phi) is 3.58. The lowest BCUT2D eigenvalue weighted by Crippen LogP contribution is -2.08. The van der Waals surface area contributed by atoms with Gasteiger partial charge in [-0.1, -0.05) is 45.9 Å². The average molecular weight is 296 g/mol. The van der Waals surface area contributed by atoms with Gasteiger partial charge in [0.2, 0.25) is 0 Å². The maximum atomic E-state index is 13.0. The Morgan fingerprint density at radius 2 is 1.57 bits per heavy atom. The highest BCUT2D eigenvalue weighted by Gasteiger charge is 2.17. The van der Waals surface area contributed by atoms with E-state index in [1.807, 2.05) is 24.3 Å². The third kappa shape index (κ3) is 2.28. The standard InChI is InChI=1S/C19H20OS/c1-11(2)13-9-10-16-18(17(13)12(3)4)19(20)14-7-5-6-8-15(14)21-16/h5-12H,1-4H3. The van der Waals surface area contributed by atoms with Crippen molar-refractivity contribution in [1.82, 2.24) is 0 Å². The molecule has 0 saturated carbocycles. The molecule has 0 saturated heterocycles. The van der Waals surface area contributed by atoms with Crippen molar-refractivity contribution in [2.75, 3.05) is 0 Å². The summed E-state index contributed by atoms with van der Waals surface area (Å²) in [5.41, 5.74) is 2.72. The number of rotatable bonds is 2. The summed E-state index contributed by atoms with van der Waals surface area (Å²) in [6, 6.07) is 12.2. The molecule has 0 atom stereocenters. The number of hydrogen-bond acceptors (Lipinski definition) is 2. The molecule has 1 heterocycles. The summed E-state index contributed by atoms with van der Waals surface area (Å²) < 4.78 is 2.17. The summed E-state index contributed by atoms with van der Waals surface area (Å²) >= 11 is 1.72. The Morgan fingerprint density at radius 1 is 0.857 bits per heavy atom. The minimum atomic E-state index is 0.186. The number of benzene rings is 2. The SMILES string of the molecule is CC(C)c1ccc2sc3ccccc3c(=O)c2c1C(C)C. The van der Waals surface area contributed by atoms with Crippen molar-refractivity contribution in [3.05, 3.63) is 57.7 Å². The fraction of sp³-hybridized carbons (Fsp3) is 0.316. The molecule has 0 fully saturated rings. The fourth-order valence-electron chi connectivity index (χ4n) is 3.06. The molecule has 0 N–H and O–H groups in total. The van der Waals surface area contributed by atoms with Gasteiger partial charge in [-0.15, -0.1) is 11.3 Å². The van der Waals surface area contributed by atoms with Crippen LogP contribution in [-0.2, 0) is 0 Å². The van der Waals surface area contributed by atoms with Gasteiger partial charge in [-0.2, -0.15) is 0 Å². The summed E-state index contributed by atoms with van der Waals surface area (Å²) in [4.78, 5) is 13.0. The molecule has 1 aromatic heterocycles. The lowest BCUT2D eigenvalue weighted by atomic mass is 9.88. The quantitative estimate of drug-likeness (QED) is 0.557. The van der Waals surface area contributed by atoms with Crippen LogP contribution in [0.25, 0.3) is 20.2 Å². The molecule has 0 bridgehead atoms. The van der Waals surface area contributed by atoms with E-state index in [9.17, 15) is 4.79 Å². The largest absolute Gasteiger partial charge is 0.288 e. The molecule has 3 aromatic rings. The second kappa shape index (κ2) is 5.27. The van der Waals surface area contributed by atoms with E-state index in [0.29, 0.717) is 11.8 Å². The first kappa shape index (κ1) is 14.3. The highest BCUT2D eigenvalue weighted by molar-refractivity contribution is 7.24. The molecule has 3 rings (SSSR count). The molecule has 2 heteroatoms. The van der Waals surface area contributed by atoms with Gasteiger partial charge < -0.3 is 0 Å². The third-order valence-electron chi connectivity index (χ3n) is 4.02. The molecular formula is C19H20OS. The van der Waals surface area contributed by atoms with E-state index in [2.05, 4.69) is 39.8 Å². The van der Waals surface area contributed by atoms with Gasteiger partial charge in [-0.3, -0.25) is 4.79 Å². The van der Waals surface area contributed by atoms with Crippen molar-refractivity contribution in [2.24, 2.45) is 0 Å². The molecule has 21 heavy (non-hydrogen) atoms. The molecule has 0 aliphatic carbocycles. The zero-order valence-electron chi connectivity index (χ0n) is 12.9. The minimum Gasteiger partial charge on any atom is -0.288 e. The fourth-order valence-corrected chi connectivity index (χ4v) is 4.15. The molecule has 0 amide bonds. The maximum Gasteiger partial charge on any atom is 0.196 e. The van der Waals surface area contributed by atoms with E-state index in [1.54, 1.807) is 11.3 Å². The van der Waals surface area contributed by atoms with Crippen molar-refractivity contribution in [1.29, 1.82) is 0 Å². The van der Waals surface area contributed by atoms with Crippen molar-refractivity contribution >= 4 is 31.5 Å². The van der Waals surface area contributed by atoms with Gasteiger partial charge in [0.1, 0.15) is 0 Å². The van der Waals surface area contributed by atoms with Crippen LogP contribution >= 0.6 is 11.3 Å². The minimum absolute atomic E-state index is 0.186.